The second-order valence-corrected chi connectivity index (χ2v) is 7.12. The summed E-state index contributed by atoms with van der Waals surface area (Å²) in [6, 6.07) is 12.3. The van der Waals surface area contributed by atoms with Gasteiger partial charge in [-0.2, -0.15) is 0 Å². The predicted molar refractivity (Wildman–Crippen MR) is 98.0 cm³/mol. The number of carbonyl (C=O) groups is 1. The Kier molecular flexibility index (Phi) is 5.30. The van der Waals surface area contributed by atoms with Gasteiger partial charge in [0, 0.05) is 35.4 Å². The van der Waals surface area contributed by atoms with Gasteiger partial charge in [0.2, 0.25) is 5.91 Å². The summed E-state index contributed by atoms with van der Waals surface area (Å²) in [7, 11) is 0. The molecule has 3 nitrogen and oxygen atoms in total. The Morgan fingerprint density at radius 3 is 2.71 bits per heavy atom. The Balaban J connectivity index is 1.78. The fraction of sp³-hybridized carbons (Fsp3) is 0.450. The second-order valence-electron chi connectivity index (χ2n) is 6.72. The fourth-order valence-corrected chi connectivity index (χ4v) is 3.16. The third-order valence-corrected chi connectivity index (χ3v) is 5.26. The number of halogens is 1. The van der Waals surface area contributed by atoms with Crippen molar-refractivity contribution in [2.75, 3.05) is 0 Å². The highest BCUT2D eigenvalue weighted by Crippen LogP contribution is 2.32. The van der Waals surface area contributed by atoms with Crippen LogP contribution in [0.5, 0.6) is 0 Å². The SMILES string of the molecule is CC[C@@H](C)N(Cc1cccn1Cc1ccccc1Cl)C(=O)C1CC1. The molecule has 0 radical (unpaired) electrons. The van der Waals surface area contributed by atoms with Crippen molar-refractivity contribution in [2.24, 2.45) is 5.92 Å². The number of hydrogen-bond donors (Lipinski definition) is 0. The van der Waals surface area contributed by atoms with Crippen LogP contribution in [-0.4, -0.2) is 21.4 Å². The van der Waals surface area contributed by atoms with Gasteiger partial charge in [-0.05, 0) is 49.9 Å². The molecule has 3 rings (SSSR count). The van der Waals surface area contributed by atoms with Crippen molar-refractivity contribution in [1.82, 2.24) is 9.47 Å². The van der Waals surface area contributed by atoms with Crippen molar-refractivity contribution in [2.45, 2.75) is 52.2 Å². The summed E-state index contributed by atoms with van der Waals surface area (Å²) in [5.74, 6) is 0.570. The molecule has 0 aliphatic heterocycles. The second kappa shape index (κ2) is 7.43. The van der Waals surface area contributed by atoms with Gasteiger partial charge in [-0.3, -0.25) is 4.79 Å². The molecule has 0 saturated heterocycles. The lowest BCUT2D eigenvalue weighted by Gasteiger charge is -2.29. The molecule has 1 aliphatic carbocycles. The maximum Gasteiger partial charge on any atom is 0.226 e. The molecule has 1 heterocycles. The largest absolute Gasteiger partial charge is 0.345 e. The van der Waals surface area contributed by atoms with E-state index < -0.39 is 0 Å². The van der Waals surface area contributed by atoms with Crippen molar-refractivity contribution in [3.63, 3.8) is 0 Å². The van der Waals surface area contributed by atoms with Crippen LogP contribution in [0.1, 0.15) is 44.4 Å². The van der Waals surface area contributed by atoms with Crippen LogP contribution in [0, 0.1) is 5.92 Å². The van der Waals surface area contributed by atoms with Crippen LogP contribution in [0.3, 0.4) is 0 Å². The summed E-state index contributed by atoms with van der Waals surface area (Å²) in [5.41, 5.74) is 2.25. The number of aromatic nitrogens is 1. The molecule has 0 N–H and O–H groups in total. The van der Waals surface area contributed by atoms with E-state index in [1.165, 1.54) is 0 Å². The Labute approximate surface area is 149 Å². The Morgan fingerprint density at radius 2 is 2.04 bits per heavy atom. The minimum atomic E-state index is 0.256. The zero-order valence-electron chi connectivity index (χ0n) is 14.4. The van der Waals surface area contributed by atoms with E-state index in [0.29, 0.717) is 12.5 Å². The topological polar surface area (TPSA) is 25.2 Å². The van der Waals surface area contributed by atoms with Crippen LogP contribution in [-0.2, 0) is 17.9 Å². The lowest BCUT2D eigenvalue weighted by molar-refractivity contribution is -0.135. The molecule has 0 unspecified atom stereocenters. The quantitative estimate of drug-likeness (QED) is 0.713. The molecular formula is C20H25ClN2O. The molecule has 0 spiro atoms. The summed E-state index contributed by atoms with van der Waals surface area (Å²) in [6.07, 6.45) is 5.14. The Morgan fingerprint density at radius 1 is 1.29 bits per heavy atom. The number of rotatable bonds is 7. The average molecular weight is 345 g/mol. The van der Waals surface area contributed by atoms with Crippen LogP contribution >= 0.6 is 11.6 Å². The first-order valence-corrected chi connectivity index (χ1v) is 9.15. The smallest absolute Gasteiger partial charge is 0.226 e. The Bertz CT molecular complexity index is 705. The normalized spacial score (nSPS) is 15.3. The highest BCUT2D eigenvalue weighted by Gasteiger charge is 2.35. The van der Waals surface area contributed by atoms with Crippen LogP contribution in [0.2, 0.25) is 5.02 Å². The molecule has 1 aromatic carbocycles. The first-order chi connectivity index (χ1) is 11.6. The molecule has 128 valence electrons. The number of amides is 1. The summed E-state index contributed by atoms with van der Waals surface area (Å²) < 4.78 is 2.19. The summed E-state index contributed by atoms with van der Waals surface area (Å²) in [5, 5.41) is 0.782. The number of carbonyl (C=O) groups excluding carboxylic acids is 1. The highest BCUT2D eigenvalue weighted by molar-refractivity contribution is 6.31. The zero-order chi connectivity index (χ0) is 17.1. The maximum absolute atomic E-state index is 12.7. The molecular weight excluding hydrogens is 320 g/mol. The first-order valence-electron chi connectivity index (χ1n) is 8.78. The molecule has 4 heteroatoms. The number of benzene rings is 1. The predicted octanol–water partition coefficient (Wildman–Crippen LogP) is 4.73. The van der Waals surface area contributed by atoms with Crippen molar-refractivity contribution in [1.29, 1.82) is 0 Å². The van der Waals surface area contributed by atoms with Gasteiger partial charge in [-0.1, -0.05) is 36.7 Å². The van der Waals surface area contributed by atoms with E-state index in [1.807, 2.05) is 30.3 Å². The molecule has 1 atom stereocenters. The van der Waals surface area contributed by atoms with E-state index in [2.05, 4.69) is 35.6 Å². The van der Waals surface area contributed by atoms with Crippen LogP contribution in [0.4, 0.5) is 0 Å². The molecule has 24 heavy (non-hydrogen) atoms. The molecule has 0 bridgehead atoms. The Hall–Kier alpha value is -1.74. The van der Waals surface area contributed by atoms with E-state index in [9.17, 15) is 4.79 Å². The zero-order valence-corrected chi connectivity index (χ0v) is 15.2. The highest BCUT2D eigenvalue weighted by atomic mass is 35.5. The third-order valence-electron chi connectivity index (χ3n) is 4.89. The van der Waals surface area contributed by atoms with E-state index in [0.717, 1.165) is 42.1 Å². The molecule has 1 amide bonds. The maximum atomic E-state index is 12.7. The van der Waals surface area contributed by atoms with Gasteiger partial charge < -0.3 is 9.47 Å². The molecule has 1 saturated carbocycles. The summed E-state index contributed by atoms with van der Waals surface area (Å²) >= 11 is 6.29. The van der Waals surface area contributed by atoms with Gasteiger partial charge in [0.15, 0.2) is 0 Å². The van der Waals surface area contributed by atoms with Crippen molar-refractivity contribution in [3.05, 3.63) is 58.9 Å². The van der Waals surface area contributed by atoms with Crippen molar-refractivity contribution >= 4 is 17.5 Å². The molecule has 1 aliphatic rings. The third kappa shape index (κ3) is 3.84. The van der Waals surface area contributed by atoms with Gasteiger partial charge in [0.05, 0.1) is 6.54 Å². The number of hydrogen-bond acceptors (Lipinski definition) is 1. The lowest BCUT2D eigenvalue weighted by Crippen LogP contribution is -2.39. The van der Waals surface area contributed by atoms with Gasteiger partial charge >= 0.3 is 0 Å². The van der Waals surface area contributed by atoms with Gasteiger partial charge in [-0.15, -0.1) is 0 Å². The standard InChI is InChI=1S/C20H25ClN2O/c1-3-15(2)23(20(24)16-10-11-16)14-18-8-6-12-22(18)13-17-7-4-5-9-19(17)21/h4-9,12,15-16H,3,10-11,13-14H2,1-2H3/t15-/m1/s1. The van der Waals surface area contributed by atoms with Crippen molar-refractivity contribution < 1.29 is 4.79 Å². The van der Waals surface area contributed by atoms with Crippen LogP contribution < -0.4 is 0 Å². The minimum absolute atomic E-state index is 0.256. The van der Waals surface area contributed by atoms with Crippen LogP contribution in [0.15, 0.2) is 42.6 Å². The van der Waals surface area contributed by atoms with Gasteiger partial charge in [0.1, 0.15) is 0 Å². The summed E-state index contributed by atoms with van der Waals surface area (Å²) in [6.45, 7) is 5.68. The van der Waals surface area contributed by atoms with E-state index in [1.54, 1.807) is 0 Å². The van der Waals surface area contributed by atoms with Crippen molar-refractivity contribution in [3.8, 4) is 0 Å². The molecule has 2 aromatic rings. The van der Waals surface area contributed by atoms with E-state index in [-0.39, 0.29) is 12.0 Å². The van der Waals surface area contributed by atoms with Crippen LogP contribution in [0.25, 0.3) is 0 Å². The van der Waals surface area contributed by atoms with E-state index >= 15 is 0 Å². The fourth-order valence-electron chi connectivity index (χ4n) is 2.97. The number of nitrogens with zero attached hydrogens (tertiary/aromatic N) is 2. The monoisotopic (exact) mass is 344 g/mol. The molecule has 1 fully saturated rings. The van der Waals surface area contributed by atoms with Gasteiger partial charge in [0.25, 0.3) is 0 Å². The van der Waals surface area contributed by atoms with Gasteiger partial charge in [-0.25, -0.2) is 0 Å². The average Bonchev–Trinajstić information content (AvgIpc) is 3.35. The van der Waals surface area contributed by atoms with E-state index in [4.69, 9.17) is 11.6 Å². The lowest BCUT2D eigenvalue weighted by atomic mass is 10.1. The first kappa shape index (κ1) is 17.1. The summed E-state index contributed by atoms with van der Waals surface area (Å²) in [4.78, 5) is 14.7. The minimum Gasteiger partial charge on any atom is -0.345 e. The molecule has 1 aromatic heterocycles.